The standard InChI is InChI=1S/C39H45ClN8O5/c1-23-29(37-36(40)30(12-15-42-37)32-10-8-25(39(47-32)53-4)19-41-22-28-9-11-35(50)45-28)6-5-7-31(23)46-38(51)33-18-34(52-3)26(21-44-33)20-43-27-13-16-48(17-14-27)24(2)49/h5-8,10,12,15,18,21,27-28,41,43H,9,11,13-14,16-17,19-20,22H2,1-4H3,(H,45,50)(H,46,51)/t28-/m1/s1. The number of halogens is 1. The predicted octanol–water partition coefficient (Wildman–Crippen LogP) is 4.91. The van der Waals surface area contributed by atoms with Gasteiger partial charge in [-0.05, 0) is 49.9 Å². The van der Waals surface area contributed by atoms with E-state index >= 15 is 0 Å². The molecule has 0 unspecified atom stereocenters. The minimum atomic E-state index is -0.383. The fourth-order valence-corrected chi connectivity index (χ4v) is 7.06. The largest absolute Gasteiger partial charge is 0.496 e. The zero-order chi connectivity index (χ0) is 37.5. The van der Waals surface area contributed by atoms with Crippen molar-refractivity contribution < 1.29 is 23.9 Å². The second-order valence-corrected chi connectivity index (χ2v) is 13.7. The lowest BCUT2D eigenvalue weighted by atomic mass is 10.0. The summed E-state index contributed by atoms with van der Waals surface area (Å²) in [5.41, 5.74) is 5.92. The molecule has 0 bridgehead atoms. The van der Waals surface area contributed by atoms with E-state index in [9.17, 15) is 14.4 Å². The SMILES string of the molecule is COc1cc(C(=O)Nc2cccc(-c3nccc(-c4ccc(CNC[C@H]5CCC(=O)N5)c(OC)n4)c3Cl)c2C)ncc1CNC1CCN(C(C)=O)CC1. The highest BCUT2D eigenvalue weighted by Crippen LogP contribution is 2.38. The van der Waals surface area contributed by atoms with Crippen LogP contribution < -0.4 is 30.7 Å². The van der Waals surface area contributed by atoms with Gasteiger partial charge in [0.05, 0.1) is 30.6 Å². The van der Waals surface area contributed by atoms with E-state index in [4.69, 9.17) is 26.1 Å². The lowest BCUT2D eigenvalue weighted by molar-refractivity contribution is -0.130. The van der Waals surface area contributed by atoms with Crippen molar-refractivity contribution in [3.05, 3.63) is 82.3 Å². The molecule has 3 amide bonds. The van der Waals surface area contributed by atoms with Crippen LogP contribution in [-0.4, -0.2) is 83.5 Å². The Kier molecular flexibility index (Phi) is 12.2. The Bertz CT molecular complexity index is 1980. The monoisotopic (exact) mass is 740 g/mol. The van der Waals surface area contributed by atoms with E-state index in [2.05, 4.69) is 31.2 Å². The van der Waals surface area contributed by atoms with Crippen LogP contribution in [0.2, 0.25) is 5.02 Å². The number of aromatic nitrogens is 3. The third-order valence-electron chi connectivity index (χ3n) is 9.84. The molecule has 0 saturated carbocycles. The molecule has 4 N–H and O–H groups in total. The Balaban J connectivity index is 1.13. The summed E-state index contributed by atoms with van der Waals surface area (Å²) in [7, 11) is 3.15. The van der Waals surface area contributed by atoms with Crippen molar-refractivity contribution in [2.75, 3.05) is 39.2 Å². The van der Waals surface area contributed by atoms with Gasteiger partial charge < -0.3 is 35.6 Å². The van der Waals surface area contributed by atoms with Crippen LogP contribution in [0, 0.1) is 6.92 Å². The second-order valence-electron chi connectivity index (χ2n) is 13.3. The number of nitrogens with one attached hydrogen (secondary N) is 4. The first-order valence-electron chi connectivity index (χ1n) is 17.8. The molecule has 1 atom stereocenters. The molecule has 278 valence electrons. The number of carbonyl (C=O) groups excluding carboxylic acids is 3. The second kappa shape index (κ2) is 17.1. The van der Waals surface area contributed by atoms with Gasteiger partial charge in [0.1, 0.15) is 11.4 Å². The minimum absolute atomic E-state index is 0.0880. The molecule has 2 fully saturated rings. The average molecular weight is 741 g/mol. The number of piperidine rings is 1. The molecule has 0 aliphatic carbocycles. The molecule has 3 aromatic heterocycles. The number of pyridine rings is 3. The zero-order valence-corrected chi connectivity index (χ0v) is 31.2. The van der Waals surface area contributed by atoms with E-state index in [0.29, 0.717) is 65.3 Å². The van der Waals surface area contributed by atoms with Crippen molar-refractivity contribution in [2.45, 2.75) is 64.7 Å². The molecule has 6 rings (SSSR count). The summed E-state index contributed by atoms with van der Waals surface area (Å²) < 4.78 is 11.3. The van der Waals surface area contributed by atoms with Crippen LogP contribution in [0.25, 0.3) is 22.5 Å². The molecule has 53 heavy (non-hydrogen) atoms. The maximum Gasteiger partial charge on any atom is 0.274 e. The molecule has 14 heteroatoms. The quantitative estimate of drug-likeness (QED) is 0.148. The van der Waals surface area contributed by atoms with Crippen LogP contribution in [0.4, 0.5) is 5.69 Å². The number of nitrogens with zero attached hydrogens (tertiary/aromatic N) is 4. The van der Waals surface area contributed by atoms with E-state index in [-0.39, 0.29) is 35.5 Å². The Morgan fingerprint density at radius 3 is 2.53 bits per heavy atom. The Labute approximate surface area is 314 Å². The molecule has 0 radical (unpaired) electrons. The Hall–Kier alpha value is -5.11. The number of carbonyl (C=O) groups is 3. The summed E-state index contributed by atoms with van der Waals surface area (Å²) in [6.45, 7) is 6.70. The highest BCUT2D eigenvalue weighted by Gasteiger charge is 2.23. The van der Waals surface area contributed by atoms with Crippen LogP contribution in [0.3, 0.4) is 0 Å². The number of rotatable bonds is 13. The third kappa shape index (κ3) is 8.93. The topological polar surface area (TPSA) is 160 Å². The first kappa shape index (κ1) is 37.6. The Morgan fingerprint density at radius 1 is 1.00 bits per heavy atom. The van der Waals surface area contributed by atoms with Crippen molar-refractivity contribution in [3.63, 3.8) is 0 Å². The number of anilines is 1. The summed E-state index contributed by atoms with van der Waals surface area (Å²) >= 11 is 7.03. The van der Waals surface area contributed by atoms with Gasteiger partial charge in [0, 0.05) is 105 Å². The highest BCUT2D eigenvalue weighted by molar-refractivity contribution is 6.35. The van der Waals surface area contributed by atoms with Gasteiger partial charge in [-0.1, -0.05) is 29.8 Å². The number of hydrogen-bond acceptors (Lipinski definition) is 10. The first-order valence-corrected chi connectivity index (χ1v) is 18.1. The van der Waals surface area contributed by atoms with Gasteiger partial charge in [-0.15, -0.1) is 0 Å². The number of likely N-dealkylation sites (tertiary alicyclic amines) is 1. The maximum atomic E-state index is 13.5. The van der Waals surface area contributed by atoms with Crippen molar-refractivity contribution in [1.82, 2.24) is 35.8 Å². The van der Waals surface area contributed by atoms with E-state index in [1.165, 1.54) is 0 Å². The molecule has 4 aromatic rings. The van der Waals surface area contributed by atoms with Gasteiger partial charge >= 0.3 is 0 Å². The molecular formula is C39H45ClN8O5. The Morgan fingerprint density at radius 2 is 1.81 bits per heavy atom. The summed E-state index contributed by atoms with van der Waals surface area (Å²) in [5, 5.41) is 13.3. The molecule has 13 nitrogen and oxygen atoms in total. The minimum Gasteiger partial charge on any atom is -0.496 e. The molecule has 0 spiro atoms. The van der Waals surface area contributed by atoms with Crippen LogP contribution in [-0.2, 0) is 22.7 Å². The van der Waals surface area contributed by atoms with Crippen molar-refractivity contribution >= 4 is 35.0 Å². The highest BCUT2D eigenvalue weighted by atomic mass is 35.5. The van der Waals surface area contributed by atoms with Crippen LogP contribution in [0.15, 0.2) is 54.9 Å². The van der Waals surface area contributed by atoms with Gasteiger partial charge in [0.2, 0.25) is 17.7 Å². The van der Waals surface area contributed by atoms with Crippen molar-refractivity contribution in [3.8, 4) is 34.1 Å². The van der Waals surface area contributed by atoms with Crippen LogP contribution in [0.5, 0.6) is 11.6 Å². The summed E-state index contributed by atoms with van der Waals surface area (Å²) in [5.74, 6) is 0.846. The number of hydrogen-bond donors (Lipinski definition) is 4. The first-order chi connectivity index (χ1) is 25.6. The van der Waals surface area contributed by atoms with Crippen molar-refractivity contribution in [2.24, 2.45) is 0 Å². The molecular weight excluding hydrogens is 696 g/mol. The third-order valence-corrected chi connectivity index (χ3v) is 10.2. The fraction of sp³-hybridized carbons (Fsp3) is 0.385. The number of ether oxygens (including phenoxy) is 2. The molecule has 2 aliphatic heterocycles. The summed E-state index contributed by atoms with van der Waals surface area (Å²) in [6.07, 6.45) is 6.48. The van der Waals surface area contributed by atoms with Gasteiger partial charge in [0.25, 0.3) is 5.91 Å². The predicted molar refractivity (Wildman–Crippen MR) is 203 cm³/mol. The summed E-state index contributed by atoms with van der Waals surface area (Å²) in [6, 6.07) is 13.3. The lowest BCUT2D eigenvalue weighted by Gasteiger charge is -2.31. The smallest absolute Gasteiger partial charge is 0.274 e. The van der Waals surface area contributed by atoms with Crippen molar-refractivity contribution in [1.29, 1.82) is 0 Å². The normalized spacial score (nSPS) is 16.0. The number of amides is 3. The van der Waals surface area contributed by atoms with Gasteiger partial charge in [-0.3, -0.25) is 24.4 Å². The van der Waals surface area contributed by atoms with E-state index in [1.54, 1.807) is 39.6 Å². The fourth-order valence-electron chi connectivity index (χ4n) is 6.75. The van der Waals surface area contributed by atoms with E-state index < -0.39 is 0 Å². The molecule has 2 saturated heterocycles. The van der Waals surface area contributed by atoms with Gasteiger partial charge in [0.15, 0.2) is 0 Å². The van der Waals surface area contributed by atoms with E-state index in [1.807, 2.05) is 48.2 Å². The number of benzene rings is 1. The molecule has 1 aromatic carbocycles. The molecule has 5 heterocycles. The van der Waals surface area contributed by atoms with Crippen LogP contribution in [0.1, 0.15) is 59.8 Å². The van der Waals surface area contributed by atoms with Gasteiger partial charge in [-0.2, -0.15) is 0 Å². The summed E-state index contributed by atoms with van der Waals surface area (Å²) in [4.78, 5) is 52.3. The lowest BCUT2D eigenvalue weighted by Crippen LogP contribution is -2.44. The number of methoxy groups -OCH3 is 2. The zero-order valence-electron chi connectivity index (χ0n) is 30.4. The van der Waals surface area contributed by atoms with E-state index in [0.717, 1.165) is 54.6 Å². The maximum absolute atomic E-state index is 13.5. The van der Waals surface area contributed by atoms with Gasteiger partial charge in [-0.25, -0.2) is 4.98 Å². The average Bonchev–Trinajstić information content (AvgIpc) is 3.59. The van der Waals surface area contributed by atoms with Crippen LogP contribution >= 0.6 is 11.6 Å². The molecule has 2 aliphatic rings.